The number of allylic oxidation sites excluding steroid dienone is 1. The van der Waals surface area contributed by atoms with E-state index < -0.39 is 6.16 Å². The number of ether oxygens (including phenoxy) is 2. The Morgan fingerprint density at radius 3 is 2.90 bits per heavy atom. The van der Waals surface area contributed by atoms with Crippen LogP contribution in [0, 0.1) is 0 Å². The van der Waals surface area contributed by atoms with Gasteiger partial charge in [-0.25, -0.2) is 9.59 Å². The molecule has 0 amide bonds. The van der Waals surface area contributed by atoms with Crippen LogP contribution in [-0.4, -0.2) is 12.6 Å². The second-order valence-electron chi connectivity index (χ2n) is 1.33. The summed E-state index contributed by atoms with van der Waals surface area (Å²) in [5.74, 6) is 0. The minimum Gasteiger partial charge on any atom is -0.403 e. The molecule has 4 nitrogen and oxygen atoms in total. The predicted octanol–water partition coefficient (Wildman–Crippen LogP) is 1.13. The zero-order valence-electron chi connectivity index (χ0n) is 5.49. The third kappa shape index (κ3) is 4.83. The van der Waals surface area contributed by atoms with E-state index in [9.17, 15) is 9.59 Å². The summed E-state index contributed by atoms with van der Waals surface area (Å²) in [6.07, 6.45) is 2.43. The smallest absolute Gasteiger partial charge is 0.403 e. The lowest BCUT2D eigenvalue weighted by Gasteiger charge is -1.90. The Balaban J connectivity index is 3.38. The third-order valence-electron chi connectivity index (χ3n) is 0.621. The molecule has 0 aliphatic rings. The number of carbonyl (C=O) groups is 1. The van der Waals surface area contributed by atoms with Crippen molar-refractivity contribution in [3.63, 3.8) is 0 Å². The molecule has 0 rings (SSSR count). The summed E-state index contributed by atoms with van der Waals surface area (Å²) >= 11 is 0. The van der Waals surface area contributed by atoms with Crippen molar-refractivity contribution in [2.24, 2.45) is 0 Å². The van der Waals surface area contributed by atoms with Crippen molar-refractivity contribution in [1.82, 2.24) is 0 Å². The van der Waals surface area contributed by atoms with Crippen LogP contribution in [0.1, 0.15) is 13.3 Å². The van der Waals surface area contributed by atoms with Gasteiger partial charge in [-0.05, 0) is 12.5 Å². The topological polar surface area (TPSA) is 52.6 Å². The molecule has 0 fully saturated rings. The lowest BCUT2D eigenvalue weighted by Crippen LogP contribution is -2.00. The zero-order chi connectivity index (χ0) is 7.82. The summed E-state index contributed by atoms with van der Waals surface area (Å²) in [5.41, 5.74) is 0. The summed E-state index contributed by atoms with van der Waals surface area (Å²) in [4.78, 5) is 19.5. The van der Waals surface area contributed by atoms with Crippen molar-refractivity contribution in [3.8, 4) is 0 Å². The maximum Gasteiger partial charge on any atom is 0.521 e. The lowest BCUT2D eigenvalue weighted by atomic mass is 10.5. The van der Waals surface area contributed by atoms with Crippen molar-refractivity contribution in [3.05, 3.63) is 12.3 Å². The Labute approximate surface area is 58.4 Å². The van der Waals surface area contributed by atoms with Gasteiger partial charge >= 0.3 is 12.6 Å². The minimum atomic E-state index is -1.07. The highest BCUT2D eigenvalue weighted by molar-refractivity contribution is 5.69. The van der Waals surface area contributed by atoms with E-state index in [2.05, 4.69) is 9.47 Å². The van der Waals surface area contributed by atoms with Crippen LogP contribution in [0.25, 0.3) is 0 Å². The highest BCUT2D eigenvalue weighted by Crippen LogP contribution is 1.85. The van der Waals surface area contributed by atoms with Crippen molar-refractivity contribution in [2.75, 3.05) is 0 Å². The van der Waals surface area contributed by atoms with Gasteiger partial charge in [0, 0.05) is 0 Å². The fourth-order valence-corrected chi connectivity index (χ4v) is 0.258. The fourth-order valence-electron chi connectivity index (χ4n) is 0.258. The average Bonchev–Trinajstić information content (AvgIpc) is 1.89. The molecular weight excluding hydrogens is 136 g/mol. The molecule has 0 bridgehead atoms. The van der Waals surface area contributed by atoms with Crippen molar-refractivity contribution in [1.29, 1.82) is 0 Å². The first-order valence-electron chi connectivity index (χ1n) is 2.71. The van der Waals surface area contributed by atoms with Crippen LogP contribution in [0.4, 0.5) is 4.79 Å². The molecule has 0 N–H and O–H groups in total. The molecule has 55 valence electrons. The van der Waals surface area contributed by atoms with Crippen molar-refractivity contribution >= 4 is 12.6 Å². The first-order valence-corrected chi connectivity index (χ1v) is 2.71. The molecule has 10 heavy (non-hydrogen) atoms. The van der Waals surface area contributed by atoms with Gasteiger partial charge in [0.25, 0.3) is 0 Å². The largest absolute Gasteiger partial charge is 0.521 e. The first-order chi connectivity index (χ1) is 4.81. The molecule has 0 unspecified atom stereocenters. The predicted molar refractivity (Wildman–Crippen MR) is 32.7 cm³/mol. The maximum atomic E-state index is 10.2. The third-order valence-corrected chi connectivity index (χ3v) is 0.621. The van der Waals surface area contributed by atoms with E-state index >= 15 is 0 Å². The summed E-state index contributed by atoms with van der Waals surface area (Å²) in [7, 11) is 0. The Hall–Kier alpha value is -1.32. The van der Waals surface area contributed by atoms with Gasteiger partial charge in [0.05, 0.1) is 6.26 Å². The molecule has 0 atom stereocenters. The Morgan fingerprint density at radius 2 is 2.40 bits per heavy atom. The lowest BCUT2D eigenvalue weighted by molar-refractivity contribution is 0.129. The molecule has 1 radical (unpaired) electrons. The van der Waals surface area contributed by atoms with E-state index in [1.807, 2.05) is 6.92 Å². The van der Waals surface area contributed by atoms with Gasteiger partial charge in [-0.3, -0.25) is 0 Å². The quantitative estimate of drug-likeness (QED) is 0.337. The zero-order valence-corrected chi connectivity index (χ0v) is 5.49. The number of hydrogen-bond donors (Lipinski definition) is 0. The standard InChI is InChI=1S/C6H7O4/c1-2-3-4-9-6(8)10-5-7/h3-4H,2H2,1H3/b4-3+. The fraction of sp³-hybridized carbons (Fsp3) is 0.333. The second-order valence-corrected chi connectivity index (χ2v) is 1.33. The van der Waals surface area contributed by atoms with Gasteiger partial charge in [-0.2, -0.15) is 0 Å². The van der Waals surface area contributed by atoms with Crippen LogP contribution < -0.4 is 0 Å². The highest BCUT2D eigenvalue weighted by atomic mass is 16.7. The molecule has 0 saturated heterocycles. The maximum absolute atomic E-state index is 10.2. The van der Waals surface area contributed by atoms with Crippen LogP contribution in [0.2, 0.25) is 0 Å². The van der Waals surface area contributed by atoms with E-state index in [1.54, 1.807) is 6.08 Å². The molecular formula is C6H7O4. The molecule has 0 aliphatic heterocycles. The Bertz CT molecular complexity index is 139. The number of rotatable bonds is 3. The molecule has 0 saturated carbocycles. The monoisotopic (exact) mass is 143 g/mol. The average molecular weight is 143 g/mol. The second kappa shape index (κ2) is 5.81. The van der Waals surface area contributed by atoms with Gasteiger partial charge in [0.2, 0.25) is 0 Å². The summed E-state index contributed by atoms with van der Waals surface area (Å²) in [6.45, 7) is 2.81. The van der Waals surface area contributed by atoms with E-state index in [0.717, 1.165) is 19.2 Å². The normalized spacial score (nSPS) is 9.30. The molecule has 0 heterocycles. The number of carbonyl (C=O) groups excluding carboxylic acids is 2. The van der Waals surface area contributed by atoms with Crippen LogP contribution in [-0.2, 0) is 14.3 Å². The minimum absolute atomic E-state index is 0.748. The Morgan fingerprint density at radius 1 is 1.70 bits per heavy atom. The molecule has 0 aliphatic carbocycles. The first kappa shape index (κ1) is 8.68. The van der Waals surface area contributed by atoms with Crippen LogP contribution in [0.15, 0.2) is 12.3 Å². The van der Waals surface area contributed by atoms with Gasteiger partial charge < -0.3 is 9.47 Å². The molecule has 0 aromatic carbocycles. The van der Waals surface area contributed by atoms with Crippen LogP contribution >= 0.6 is 0 Å². The molecule has 0 aromatic rings. The number of hydrogen-bond acceptors (Lipinski definition) is 4. The molecule has 0 aromatic heterocycles. The van der Waals surface area contributed by atoms with Crippen molar-refractivity contribution in [2.45, 2.75) is 13.3 Å². The van der Waals surface area contributed by atoms with Crippen LogP contribution in [0.3, 0.4) is 0 Å². The summed E-state index contributed by atoms with van der Waals surface area (Å²) in [6, 6.07) is 0. The SMILES string of the molecule is CC/C=C/OC(=O)O[C]=O. The summed E-state index contributed by atoms with van der Waals surface area (Å²) in [5, 5.41) is 0. The summed E-state index contributed by atoms with van der Waals surface area (Å²) < 4.78 is 7.89. The van der Waals surface area contributed by atoms with Gasteiger partial charge in [0.1, 0.15) is 0 Å². The molecule has 4 heteroatoms. The van der Waals surface area contributed by atoms with E-state index in [4.69, 9.17) is 0 Å². The Kier molecular flexibility index (Phi) is 5.04. The van der Waals surface area contributed by atoms with Gasteiger partial charge in [-0.1, -0.05) is 6.92 Å². The van der Waals surface area contributed by atoms with Gasteiger partial charge in [0.15, 0.2) is 0 Å². The van der Waals surface area contributed by atoms with Gasteiger partial charge in [-0.15, -0.1) is 0 Å². The van der Waals surface area contributed by atoms with Crippen LogP contribution in [0.5, 0.6) is 0 Å². The van der Waals surface area contributed by atoms with E-state index in [-0.39, 0.29) is 0 Å². The van der Waals surface area contributed by atoms with Crippen molar-refractivity contribution < 1.29 is 19.1 Å². The molecule has 0 spiro atoms. The van der Waals surface area contributed by atoms with E-state index in [1.165, 1.54) is 0 Å². The highest BCUT2D eigenvalue weighted by Gasteiger charge is 1.98. The van der Waals surface area contributed by atoms with E-state index in [0.29, 0.717) is 0 Å².